The smallest absolute Gasteiger partial charge is 0.123 e. The topological polar surface area (TPSA) is 17.1 Å². The summed E-state index contributed by atoms with van der Waals surface area (Å²) in [6, 6.07) is 13.6. The van der Waals surface area contributed by atoms with E-state index in [1.54, 1.807) is 23.6 Å². The lowest BCUT2D eigenvalue weighted by atomic mass is 10.2. The van der Waals surface area contributed by atoms with Gasteiger partial charge in [0.1, 0.15) is 5.82 Å². The molecule has 2 aromatic rings. The maximum absolute atomic E-state index is 12.7. The van der Waals surface area contributed by atoms with Gasteiger partial charge in [-0.3, -0.25) is 0 Å². The highest BCUT2D eigenvalue weighted by atomic mass is 32.2. The van der Waals surface area contributed by atoms with E-state index >= 15 is 0 Å². The SMILES string of the molecule is Cc1ccc(S(=O)/C=C/c2ccc(F)cc2)cc1. The molecule has 0 radical (unpaired) electrons. The summed E-state index contributed by atoms with van der Waals surface area (Å²) in [7, 11) is -1.17. The standard InChI is InChI=1S/C15H13FOS/c1-12-2-8-15(9-3-12)18(17)11-10-13-4-6-14(16)7-5-13/h2-11H,1H3/b11-10+. The minimum Gasteiger partial charge on any atom is -0.250 e. The minimum atomic E-state index is -1.17. The lowest BCUT2D eigenvalue weighted by Gasteiger charge is -1.98. The first kappa shape index (κ1) is 12.7. The van der Waals surface area contributed by atoms with Crippen molar-refractivity contribution in [3.63, 3.8) is 0 Å². The van der Waals surface area contributed by atoms with E-state index in [0.29, 0.717) is 0 Å². The van der Waals surface area contributed by atoms with E-state index in [1.807, 2.05) is 31.2 Å². The molecule has 0 aliphatic heterocycles. The second-order valence-corrected chi connectivity index (χ2v) is 5.30. The Kier molecular flexibility index (Phi) is 4.05. The number of rotatable bonds is 3. The summed E-state index contributed by atoms with van der Waals surface area (Å²) in [5.41, 5.74) is 1.97. The fourth-order valence-electron chi connectivity index (χ4n) is 1.47. The van der Waals surface area contributed by atoms with Gasteiger partial charge in [-0.1, -0.05) is 29.8 Å². The third-order valence-electron chi connectivity index (χ3n) is 2.51. The lowest BCUT2D eigenvalue weighted by Crippen LogP contribution is -1.86. The van der Waals surface area contributed by atoms with Gasteiger partial charge in [0.15, 0.2) is 0 Å². The highest BCUT2D eigenvalue weighted by Crippen LogP contribution is 2.11. The van der Waals surface area contributed by atoms with E-state index in [2.05, 4.69) is 0 Å². The monoisotopic (exact) mass is 260 g/mol. The fraction of sp³-hybridized carbons (Fsp3) is 0.0667. The quantitative estimate of drug-likeness (QED) is 0.817. The van der Waals surface area contributed by atoms with Crippen LogP contribution in [0.2, 0.25) is 0 Å². The largest absolute Gasteiger partial charge is 0.250 e. The van der Waals surface area contributed by atoms with Gasteiger partial charge in [-0.15, -0.1) is 0 Å². The number of aryl methyl sites for hydroxylation is 1. The Morgan fingerprint density at radius 3 is 2.22 bits per heavy atom. The predicted octanol–water partition coefficient (Wildman–Crippen LogP) is 3.91. The van der Waals surface area contributed by atoms with Gasteiger partial charge in [0.2, 0.25) is 0 Å². The van der Waals surface area contributed by atoms with E-state index in [9.17, 15) is 8.60 Å². The number of hydrogen-bond acceptors (Lipinski definition) is 1. The van der Waals surface area contributed by atoms with Gasteiger partial charge in [0.25, 0.3) is 0 Å². The van der Waals surface area contributed by atoms with Crippen LogP contribution in [0.25, 0.3) is 6.08 Å². The van der Waals surface area contributed by atoms with E-state index in [-0.39, 0.29) is 5.82 Å². The first-order valence-electron chi connectivity index (χ1n) is 5.56. The van der Waals surface area contributed by atoms with Crippen LogP contribution < -0.4 is 0 Å². The molecule has 0 spiro atoms. The summed E-state index contributed by atoms with van der Waals surface area (Å²) >= 11 is 0. The molecule has 0 amide bonds. The highest BCUT2D eigenvalue weighted by molar-refractivity contribution is 7.88. The van der Waals surface area contributed by atoms with Crippen LogP contribution in [0.15, 0.2) is 58.8 Å². The molecule has 1 nitrogen and oxygen atoms in total. The van der Waals surface area contributed by atoms with Crippen LogP contribution in [0.5, 0.6) is 0 Å². The van der Waals surface area contributed by atoms with Gasteiger partial charge >= 0.3 is 0 Å². The molecule has 0 aliphatic rings. The van der Waals surface area contributed by atoms with E-state index in [1.165, 1.54) is 12.1 Å². The van der Waals surface area contributed by atoms with Crippen molar-refractivity contribution >= 4 is 16.9 Å². The van der Waals surface area contributed by atoms with E-state index in [0.717, 1.165) is 16.0 Å². The lowest BCUT2D eigenvalue weighted by molar-refractivity contribution is 0.628. The number of halogens is 1. The minimum absolute atomic E-state index is 0.271. The summed E-state index contributed by atoms with van der Waals surface area (Å²) in [6.45, 7) is 1.99. The summed E-state index contributed by atoms with van der Waals surface area (Å²) in [4.78, 5) is 0.763. The molecule has 1 atom stereocenters. The number of benzene rings is 2. The van der Waals surface area contributed by atoms with Crippen LogP contribution >= 0.6 is 0 Å². The second-order valence-electron chi connectivity index (χ2n) is 3.96. The van der Waals surface area contributed by atoms with Crippen molar-refractivity contribution in [1.82, 2.24) is 0 Å². The molecule has 0 aliphatic carbocycles. The molecule has 0 aromatic heterocycles. The van der Waals surface area contributed by atoms with Crippen LogP contribution in [0, 0.1) is 12.7 Å². The summed E-state index contributed by atoms with van der Waals surface area (Å²) in [6.07, 6.45) is 1.73. The fourth-order valence-corrected chi connectivity index (χ4v) is 2.31. The van der Waals surface area contributed by atoms with Crippen molar-refractivity contribution in [2.75, 3.05) is 0 Å². The van der Waals surface area contributed by atoms with Gasteiger partial charge in [-0.05, 0) is 42.8 Å². The van der Waals surface area contributed by atoms with Crippen LogP contribution in [0.1, 0.15) is 11.1 Å². The first-order chi connectivity index (χ1) is 8.65. The molecule has 0 bridgehead atoms. The Bertz CT molecular complexity index is 570. The Balaban J connectivity index is 2.11. The average Bonchev–Trinajstić information content (AvgIpc) is 2.38. The van der Waals surface area contributed by atoms with Crippen molar-refractivity contribution in [2.45, 2.75) is 11.8 Å². The van der Waals surface area contributed by atoms with E-state index < -0.39 is 10.8 Å². The summed E-state index contributed by atoms with van der Waals surface area (Å²) < 4.78 is 24.7. The zero-order chi connectivity index (χ0) is 13.0. The average molecular weight is 260 g/mol. The van der Waals surface area contributed by atoms with Crippen LogP contribution in [0.3, 0.4) is 0 Å². The Hall–Kier alpha value is -1.74. The molecule has 0 heterocycles. The second kappa shape index (κ2) is 5.74. The van der Waals surface area contributed by atoms with E-state index in [4.69, 9.17) is 0 Å². The summed E-state index contributed by atoms with van der Waals surface area (Å²) in [5.74, 6) is -0.271. The van der Waals surface area contributed by atoms with Gasteiger partial charge in [0, 0.05) is 10.3 Å². The molecule has 3 heteroatoms. The van der Waals surface area contributed by atoms with Crippen molar-refractivity contribution in [1.29, 1.82) is 0 Å². The molecule has 0 fully saturated rings. The maximum atomic E-state index is 12.7. The Morgan fingerprint density at radius 2 is 1.61 bits per heavy atom. The van der Waals surface area contributed by atoms with Crippen molar-refractivity contribution < 1.29 is 8.60 Å². The van der Waals surface area contributed by atoms with Crippen molar-refractivity contribution in [3.05, 3.63) is 70.9 Å². The van der Waals surface area contributed by atoms with Crippen LogP contribution in [-0.4, -0.2) is 4.21 Å². The van der Waals surface area contributed by atoms with Crippen molar-refractivity contribution in [2.24, 2.45) is 0 Å². The molecule has 92 valence electrons. The molecule has 1 unspecified atom stereocenters. The van der Waals surface area contributed by atoms with Gasteiger partial charge < -0.3 is 0 Å². The van der Waals surface area contributed by atoms with Gasteiger partial charge in [0.05, 0.1) is 10.8 Å². The predicted molar refractivity (Wildman–Crippen MR) is 73.0 cm³/mol. The first-order valence-corrected chi connectivity index (χ1v) is 6.77. The van der Waals surface area contributed by atoms with Crippen LogP contribution in [0.4, 0.5) is 4.39 Å². The molecule has 2 aromatic carbocycles. The molecule has 0 saturated carbocycles. The normalized spacial score (nSPS) is 12.8. The number of hydrogen-bond donors (Lipinski definition) is 0. The zero-order valence-electron chi connectivity index (χ0n) is 9.97. The zero-order valence-corrected chi connectivity index (χ0v) is 10.8. The summed E-state index contributed by atoms with van der Waals surface area (Å²) in [5, 5.41) is 1.61. The molecule has 18 heavy (non-hydrogen) atoms. The third-order valence-corrected chi connectivity index (χ3v) is 3.63. The molecular formula is C15H13FOS. The van der Waals surface area contributed by atoms with Gasteiger partial charge in [-0.25, -0.2) is 8.60 Å². The Morgan fingerprint density at radius 1 is 1.00 bits per heavy atom. The molecule has 0 N–H and O–H groups in total. The third kappa shape index (κ3) is 3.37. The highest BCUT2D eigenvalue weighted by Gasteiger charge is 1.98. The van der Waals surface area contributed by atoms with Crippen LogP contribution in [-0.2, 0) is 10.8 Å². The van der Waals surface area contributed by atoms with Crippen molar-refractivity contribution in [3.8, 4) is 0 Å². The maximum Gasteiger partial charge on any atom is 0.123 e. The molecular weight excluding hydrogens is 247 g/mol. The Labute approximate surface area is 108 Å². The van der Waals surface area contributed by atoms with Gasteiger partial charge in [-0.2, -0.15) is 0 Å². The molecule has 2 rings (SSSR count). The molecule has 0 saturated heterocycles.